The van der Waals surface area contributed by atoms with Crippen LogP contribution in [0.4, 0.5) is 0 Å². The molecule has 140 valence electrons. The van der Waals surface area contributed by atoms with E-state index in [2.05, 4.69) is 5.32 Å². The van der Waals surface area contributed by atoms with E-state index in [0.717, 1.165) is 5.56 Å². The zero-order valence-corrected chi connectivity index (χ0v) is 16.3. The van der Waals surface area contributed by atoms with Gasteiger partial charge >= 0.3 is 0 Å². The number of halogens is 1. The fourth-order valence-corrected chi connectivity index (χ4v) is 3.60. The van der Waals surface area contributed by atoms with Crippen LogP contribution in [-0.2, 0) is 15.5 Å². The summed E-state index contributed by atoms with van der Waals surface area (Å²) in [5.74, 6) is 0.413. The summed E-state index contributed by atoms with van der Waals surface area (Å²) in [7, 11) is 4.41. The predicted octanol–water partition coefficient (Wildman–Crippen LogP) is 2.91. The molecule has 1 N–H and O–H groups in total. The van der Waals surface area contributed by atoms with Gasteiger partial charge in [0.1, 0.15) is 0 Å². The fraction of sp³-hybridized carbons (Fsp3) is 0.278. The average Bonchev–Trinajstić information content (AvgIpc) is 2.60. The summed E-state index contributed by atoms with van der Waals surface area (Å²) in [5, 5.41) is 2.76. The molecule has 26 heavy (non-hydrogen) atoms. The summed E-state index contributed by atoms with van der Waals surface area (Å²) < 4.78 is 34.0. The highest BCUT2D eigenvalue weighted by Crippen LogP contribution is 2.34. The van der Waals surface area contributed by atoms with E-state index in [-0.39, 0.29) is 29.5 Å². The topological polar surface area (TPSA) is 81.7 Å². The minimum Gasteiger partial charge on any atom is -0.493 e. The molecular formula is C18H20ClNO5S. The van der Waals surface area contributed by atoms with Crippen LogP contribution in [0.25, 0.3) is 0 Å². The van der Waals surface area contributed by atoms with Crippen LogP contribution in [0.5, 0.6) is 11.5 Å². The quantitative estimate of drug-likeness (QED) is 0.726. The van der Waals surface area contributed by atoms with Crippen LogP contribution in [-0.4, -0.2) is 35.1 Å². The number of hydrogen-bond acceptors (Lipinski definition) is 5. The summed E-state index contributed by atoms with van der Waals surface area (Å²) in [5.41, 5.74) is 2.03. The minimum absolute atomic E-state index is 0.0681. The van der Waals surface area contributed by atoms with E-state index in [1.807, 2.05) is 19.1 Å². The normalized spacial score (nSPS) is 11.1. The molecule has 0 bridgehead atoms. The molecule has 0 saturated heterocycles. The van der Waals surface area contributed by atoms with Crippen molar-refractivity contribution in [3.8, 4) is 11.5 Å². The number of rotatable bonds is 7. The largest absolute Gasteiger partial charge is 0.493 e. The van der Waals surface area contributed by atoms with E-state index in [0.29, 0.717) is 16.9 Å². The SMILES string of the molecule is COc1cc(CCNC(=O)c2ccc(C)cc2)c(S(=O)(=O)Cl)cc1OC. The molecular weight excluding hydrogens is 378 g/mol. The van der Waals surface area contributed by atoms with Crippen molar-refractivity contribution in [2.75, 3.05) is 20.8 Å². The molecule has 1 amide bonds. The molecule has 0 aromatic heterocycles. The number of carbonyl (C=O) groups is 1. The van der Waals surface area contributed by atoms with Gasteiger partial charge in [-0.1, -0.05) is 17.7 Å². The van der Waals surface area contributed by atoms with Crippen molar-refractivity contribution in [3.63, 3.8) is 0 Å². The zero-order valence-electron chi connectivity index (χ0n) is 14.7. The molecule has 0 spiro atoms. The van der Waals surface area contributed by atoms with Crippen molar-refractivity contribution in [2.24, 2.45) is 0 Å². The van der Waals surface area contributed by atoms with E-state index in [1.54, 1.807) is 18.2 Å². The summed E-state index contributed by atoms with van der Waals surface area (Å²) in [4.78, 5) is 12.1. The summed E-state index contributed by atoms with van der Waals surface area (Å²) in [6.07, 6.45) is 0.263. The molecule has 0 aliphatic heterocycles. The van der Waals surface area contributed by atoms with Crippen molar-refractivity contribution in [1.29, 1.82) is 0 Å². The lowest BCUT2D eigenvalue weighted by Crippen LogP contribution is -2.26. The number of methoxy groups -OCH3 is 2. The Morgan fingerprint density at radius 2 is 1.65 bits per heavy atom. The Labute approximate surface area is 157 Å². The Bertz CT molecular complexity index is 895. The van der Waals surface area contributed by atoms with Gasteiger partial charge in [0.2, 0.25) is 0 Å². The number of benzene rings is 2. The first-order valence-electron chi connectivity index (χ1n) is 7.80. The van der Waals surface area contributed by atoms with Gasteiger partial charge < -0.3 is 14.8 Å². The minimum atomic E-state index is -3.97. The van der Waals surface area contributed by atoms with Crippen molar-refractivity contribution in [2.45, 2.75) is 18.2 Å². The molecule has 0 radical (unpaired) electrons. The zero-order chi connectivity index (χ0) is 19.3. The number of hydrogen-bond donors (Lipinski definition) is 1. The lowest BCUT2D eigenvalue weighted by Gasteiger charge is -2.13. The molecule has 2 rings (SSSR count). The predicted molar refractivity (Wildman–Crippen MR) is 99.8 cm³/mol. The van der Waals surface area contributed by atoms with Crippen LogP contribution in [0, 0.1) is 6.92 Å². The molecule has 0 unspecified atom stereocenters. The summed E-state index contributed by atoms with van der Waals surface area (Å²) >= 11 is 0. The first kappa shape index (κ1) is 20.1. The first-order valence-corrected chi connectivity index (χ1v) is 10.1. The molecule has 0 heterocycles. The Balaban J connectivity index is 2.17. The van der Waals surface area contributed by atoms with Gasteiger partial charge in [-0.3, -0.25) is 4.79 Å². The Hall–Kier alpha value is -2.25. The summed E-state index contributed by atoms with van der Waals surface area (Å²) in [6, 6.07) is 10.0. The van der Waals surface area contributed by atoms with Gasteiger partial charge in [-0.05, 0) is 37.1 Å². The van der Waals surface area contributed by atoms with Crippen LogP contribution in [0.2, 0.25) is 0 Å². The number of nitrogens with one attached hydrogen (secondary N) is 1. The second-order valence-corrected chi connectivity index (χ2v) is 8.16. The average molecular weight is 398 g/mol. The second kappa shape index (κ2) is 8.42. The van der Waals surface area contributed by atoms with E-state index >= 15 is 0 Å². The molecule has 6 nitrogen and oxygen atoms in total. The first-order chi connectivity index (χ1) is 12.3. The Kier molecular flexibility index (Phi) is 6.50. The smallest absolute Gasteiger partial charge is 0.261 e. The van der Waals surface area contributed by atoms with Gasteiger partial charge in [-0.15, -0.1) is 0 Å². The van der Waals surface area contributed by atoms with Crippen molar-refractivity contribution in [3.05, 3.63) is 53.1 Å². The van der Waals surface area contributed by atoms with Crippen LogP contribution in [0.15, 0.2) is 41.3 Å². The Morgan fingerprint density at radius 3 is 2.19 bits per heavy atom. The molecule has 0 aliphatic carbocycles. The van der Waals surface area contributed by atoms with Crippen molar-refractivity contribution < 1.29 is 22.7 Å². The van der Waals surface area contributed by atoms with Crippen LogP contribution in [0.3, 0.4) is 0 Å². The molecule has 8 heteroatoms. The third-order valence-corrected chi connectivity index (χ3v) is 5.23. The molecule has 0 atom stereocenters. The lowest BCUT2D eigenvalue weighted by molar-refractivity contribution is 0.0954. The van der Waals surface area contributed by atoms with Gasteiger partial charge in [0.25, 0.3) is 15.0 Å². The van der Waals surface area contributed by atoms with Gasteiger partial charge in [-0.25, -0.2) is 8.42 Å². The number of carbonyl (C=O) groups excluding carboxylic acids is 1. The fourth-order valence-electron chi connectivity index (χ4n) is 2.44. The lowest BCUT2D eigenvalue weighted by atomic mass is 10.1. The van der Waals surface area contributed by atoms with Crippen molar-refractivity contribution in [1.82, 2.24) is 5.32 Å². The monoisotopic (exact) mass is 397 g/mol. The number of ether oxygens (including phenoxy) is 2. The molecule has 0 fully saturated rings. The molecule has 2 aromatic carbocycles. The van der Waals surface area contributed by atoms with Crippen molar-refractivity contribution >= 4 is 25.6 Å². The van der Waals surface area contributed by atoms with E-state index in [1.165, 1.54) is 20.3 Å². The third-order valence-electron chi connectivity index (χ3n) is 3.82. The summed E-state index contributed by atoms with van der Waals surface area (Å²) in [6.45, 7) is 2.18. The Morgan fingerprint density at radius 1 is 1.08 bits per heavy atom. The highest BCUT2D eigenvalue weighted by Gasteiger charge is 2.20. The van der Waals surface area contributed by atoms with E-state index < -0.39 is 9.05 Å². The maximum absolute atomic E-state index is 12.2. The molecule has 0 aliphatic rings. The maximum atomic E-state index is 12.2. The standard InChI is InChI=1S/C18H20ClNO5S/c1-12-4-6-13(7-5-12)18(21)20-9-8-14-10-15(24-2)16(25-3)11-17(14)26(19,22)23/h4-7,10-11H,8-9H2,1-3H3,(H,20,21). The van der Waals surface area contributed by atoms with Crippen LogP contribution < -0.4 is 14.8 Å². The van der Waals surface area contributed by atoms with Gasteiger partial charge in [0.05, 0.1) is 19.1 Å². The van der Waals surface area contributed by atoms with Gasteiger partial charge in [0, 0.05) is 28.9 Å². The van der Waals surface area contributed by atoms with E-state index in [9.17, 15) is 13.2 Å². The van der Waals surface area contributed by atoms with Gasteiger partial charge in [-0.2, -0.15) is 0 Å². The maximum Gasteiger partial charge on any atom is 0.261 e. The highest BCUT2D eigenvalue weighted by molar-refractivity contribution is 8.13. The van der Waals surface area contributed by atoms with Gasteiger partial charge in [0.15, 0.2) is 11.5 Å². The van der Waals surface area contributed by atoms with Crippen LogP contribution in [0.1, 0.15) is 21.5 Å². The molecule has 2 aromatic rings. The highest BCUT2D eigenvalue weighted by atomic mass is 35.7. The number of aryl methyl sites for hydroxylation is 1. The van der Waals surface area contributed by atoms with Crippen LogP contribution >= 0.6 is 10.7 Å². The third kappa shape index (κ3) is 4.89. The molecule has 0 saturated carbocycles. The van der Waals surface area contributed by atoms with E-state index in [4.69, 9.17) is 20.2 Å². The number of amides is 1. The second-order valence-electron chi connectivity index (χ2n) is 5.62.